The Morgan fingerprint density at radius 1 is 1.43 bits per heavy atom. The van der Waals surface area contributed by atoms with Crippen LogP contribution < -0.4 is 10.5 Å². The Morgan fingerprint density at radius 2 is 2.24 bits per heavy atom. The molecular formula is C11H11FN6O2S. The normalized spacial score (nSPS) is 11.0. The minimum Gasteiger partial charge on any atom is -0.320 e. The van der Waals surface area contributed by atoms with Crippen LogP contribution in [0.25, 0.3) is 0 Å². The first-order chi connectivity index (χ1) is 10.0. The molecule has 0 aliphatic carbocycles. The van der Waals surface area contributed by atoms with Crippen LogP contribution in [0.15, 0.2) is 23.1 Å². The molecule has 2 aromatic rings. The molecule has 0 saturated heterocycles. The van der Waals surface area contributed by atoms with Crippen molar-refractivity contribution in [3.63, 3.8) is 0 Å². The maximum absolute atomic E-state index is 13.9. The topological polar surface area (TPSA) is 127 Å². The number of hydrogen-bond acceptors (Lipinski definition) is 6. The van der Waals surface area contributed by atoms with Gasteiger partial charge in [0.25, 0.3) is 0 Å². The lowest BCUT2D eigenvalue weighted by atomic mass is 10.2. The molecule has 0 bridgehead atoms. The maximum atomic E-state index is 13.9. The Bertz CT molecular complexity index is 779. The van der Waals surface area contributed by atoms with E-state index in [1.54, 1.807) is 0 Å². The third kappa shape index (κ3) is 3.82. The molecule has 0 aliphatic heterocycles. The fourth-order valence-corrected chi connectivity index (χ4v) is 2.48. The van der Waals surface area contributed by atoms with Crippen LogP contribution in [0.2, 0.25) is 0 Å². The van der Waals surface area contributed by atoms with Gasteiger partial charge in [-0.1, -0.05) is 17.1 Å². The van der Waals surface area contributed by atoms with Crippen LogP contribution in [-0.2, 0) is 16.6 Å². The summed E-state index contributed by atoms with van der Waals surface area (Å²) in [5, 5.41) is 12.6. The summed E-state index contributed by atoms with van der Waals surface area (Å²) in [5.74, 6) is 4.41. The molecule has 1 aromatic carbocycles. The van der Waals surface area contributed by atoms with E-state index in [1.807, 2.05) is 0 Å². The number of aromatic amines is 1. The molecule has 4 N–H and O–H groups in total. The van der Waals surface area contributed by atoms with Crippen LogP contribution in [0.5, 0.6) is 0 Å². The van der Waals surface area contributed by atoms with Gasteiger partial charge in [0.1, 0.15) is 10.7 Å². The van der Waals surface area contributed by atoms with Gasteiger partial charge in [-0.2, -0.15) is 5.21 Å². The van der Waals surface area contributed by atoms with Crippen LogP contribution in [0.4, 0.5) is 4.39 Å². The maximum Gasteiger partial charge on any atom is 0.243 e. The lowest BCUT2D eigenvalue weighted by molar-refractivity contribution is 0.555. The molecule has 0 aliphatic rings. The van der Waals surface area contributed by atoms with E-state index in [1.165, 1.54) is 6.07 Å². The summed E-state index contributed by atoms with van der Waals surface area (Å²) in [6.07, 6.45) is 0. The van der Waals surface area contributed by atoms with Crippen LogP contribution in [0.1, 0.15) is 11.4 Å². The number of nitrogens with two attached hydrogens (primary N) is 1. The van der Waals surface area contributed by atoms with E-state index in [-0.39, 0.29) is 18.9 Å². The summed E-state index contributed by atoms with van der Waals surface area (Å²) in [5.41, 5.74) is 5.55. The van der Waals surface area contributed by atoms with Crippen molar-refractivity contribution in [1.29, 1.82) is 0 Å². The van der Waals surface area contributed by atoms with Crippen molar-refractivity contribution in [2.24, 2.45) is 5.73 Å². The van der Waals surface area contributed by atoms with Crippen LogP contribution in [0, 0.1) is 17.7 Å². The van der Waals surface area contributed by atoms with E-state index in [0.717, 1.165) is 12.1 Å². The number of rotatable bonds is 4. The molecule has 21 heavy (non-hydrogen) atoms. The average Bonchev–Trinajstić information content (AvgIpc) is 2.96. The molecule has 0 atom stereocenters. The van der Waals surface area contributed by atoms with Gasteiger partial charge in [-0.15, -0.1) is 10.2 Å². The van der Waals surface area contributed by atoms with Crippen molar-refractivity contribution >= 4 is 10.0 Å². The summed E-state index contributed by atoms with van der Waals surface area (Å²) in [4.78, 5) is -0.482. The molecule has 0 fully saturated rings. The Balaban J connectivity index is 2.19. The molecule has 2 rings (SSSR count). The summed E-state index contributed by atoms with van der Waals surface area (Å²) in [6.45, 7) is -0.0685. The Labute approximate surface area is 120 Å². The molecule has 1 heterocycles. The van der Waals surface area contributed by atoms with Crippen molar-refractivity contribution in [1.82, 2.24) is 25.3 Å². The van der Waals surface area contributed by atoms with E-state index >= 15 is 0 Å². The molecular weight excluding hydrogens is 299 g/mol. The minimum absolute atomic E-state index is 0.133. The number of tetrazole rings is 1. The summed E-state index contributed by atoms with van der Waals surface area (Å²) >= 11 is 0. The largest absolute Gasteiger partial charge is 0.320 e. The van der Waals surface area contributed by atoms with Gasteiger partial charge in [-0.05, 0) is 18.2 Å². The predicted octanol–water partition coefficient (Wildman–Crippen LogP) is -0.873. The quantitative estimate of drug-likeness (QED) is 0.630. The third-order valence-corrected chi connectivity index (χ3v) is 3.80. The number of hydrogen-bond donors (Lipinski definition) is 3. The summed E-state index contributed by atoms with van der Waals surface area (Å²) in [6, 6.07) is 3.56. The number of nitrogens with one attached hydrogen (secondary N) is 2. The second-order valence-electron chi connectivity index (χ2n) is 3.80. The van der Waals surface area contributed by atoms with Crippen LogP contribution in [-0.4, -0.2) is 35.6 Å². The van der Waals surface area contributed by atoms with Gasteiger partial charge in [0, 0.05) is 5.56 Å². The zero-order chi connectivity index (χ0) is 15.3. The highest BCUT2D eigenvalue weighted by Gasteiger charge is 2.19. The molecule has 8 nitrogen and oxygen atoms in total. The zero-order valence-electron chi connectivity index (χ0n) is 10.7. The van der Waals surface area contributed by atoms with Crippen molar-refractivity contribution in [3.8, 4) is 11.8 Å². The van der Waals surface area contributed by atoms with Gasteiger partial charge in [-0.3, -0.25) is 0 Å². The Hall–Kier alpha value is -2.35. The van der Waals surface area contributed by atoms with E-state index in [4.69, 9.17) is 5.73 Å². The van der Waals surface area contributed by atoms with E-state index < -0.39 is 20.7 Å². The number of sulfonamides is 1. The second-order valence-corrected chi connectivity index (χ2v) is 5.54. The second kappa shape index (κ2) is 6.40. The fraction of sp³-hybridized carbons (Fsp3) is 0.182. The van der Waals surface area contributed by atoms with Gasteiger partial charge in [-0.25, -0.2) is 17.5 Å². The average molecular weight is 310 g/mol. The lowest BCUT2D eigenvalue weighted by Gasteiger charge is -2.06. The smallest absolute Gasteiger partial charge is 0.243 e. The van der Waals surface area contributed by atoms with E-state index in [0.29, 0.717) is 5.56 Å². The molecule has 110 valence electrons. The number of H-pyrrole nitrogens is 1. The third-order valence-electron chi connectivity index (χ3n) is 2.37. The standard InChI is InChI=1S/C11H11FN6O2S/c12-9-6-8(2-1-5-13)3-4-10(9)21(19,20)14-7-11-15-17-18-16-11/h3-4,6,14H,5,7,13H2,(H,15,16,17,18). The van der Waals surface area contributed by atoms with Crippen molar-refractivity contribution in [2.45, 2.75) is 11.4 Å². The monoisotopic (exact) mass is 310 g/mol. The van der Waals surface area contributed by atoms with Crippen LogP contribution >= 0.6 is 0 Å². The molecule has 0 radical (unpaired) electrons. The van der Waals surface area contributed by atoms with Crippen LogP contribution in [0.3, 0.4) is 0 Å². The lowest BCUT2D eigenvalue weighted by Crippen LogP contribution is -2.24. The van der Waals surface area contributed by atoms with Crippen molar-refractivity contribution in [2.75, 3.05) is 6.54 Å². The molecule has 0 unspecified atom stereocenters. The van der Waals surface area contributed by atoms with Gasteiger partial charge in [0.2, 0.25) is 10.0 Å². The van der Waals surface area contributed by atoms with Gasteiger partial charge in [0.15, 0.2) is 5.82 Å². The summed E-state index contributed by atoms with van der Waals surface area (Å²) in [7, 11) is -4.02. The highest BCUT2D eigenvalue weighted by molar-refractivity contribution is 7.89. The summed E-state index contributed by atoms with van der Waals surface area (Å²) < 4.78 is 40.0. The highest BCUT2D eigenvalue weighted by Crippen LogP contribution is 2.15. The molecule has 0 saturated carbocycles. The van der Waals surface area contributed by atoms with E-state index in [2.05, 4.69) is 37.2 Å². The predicted molar refractivity (Wildman–Crippen MR) is 70.5 cm³/mol. The van der Waals surface area contributed by atoms with Gasteiger partial charge < -0.3 is 5.73 Å². The highest BCUT2D eigenvalue weighted by atomic mass is 32.2. The first-order valence-electron chi connectivity index (χ1n) is 5.73. The molecule has 0 spiro atoms. The fourth-order valence-electron chi connectivity index (χ4n) is 1.44. The Kier molecular flexibility index (Phi) is 4.59. The molecule has 0 amide bonds. The van der Waals surface area contributed by atoms with Crippen molar-refractivity contribution in [3.05, 3.63) is 35.4 Å². The number of nitrogens with zero attached hydrogens (tertiary/aromatic N) is 3. The number of aromatic nitrogens is 4. The first-order valence-corrected chi connectivity index (χ1v) is 7.22. The van der Waals surface area contributed by atoms with E-state index in [9.17, 15) is 12.8 Å². The first kappa shape index (κ1) is 15.0. The van der Waals surface area contributed by atoms with Gasteiger partial charge in [0.05, 0.1) is 13.1 Å². The number of halogens is 1. The number of benzene rings is 1. The Morgan fingerprint density at radius 3 is 2.86 bits per heavy atom. The van der Waals surface area contributed by atoms with Gasteiger partial charge >= 0.3 is 0 Å². The molecule has 1 aromatic heterocycles. The molecule has 10 heteroatoms. The minimum atomic E-state index is -4.02. The SMILES string of the molecule is NCC#Cc1ccc(S(=O)(=O)NCc2nn[nH]n2)c(F)c1. The zero-order valence-corrected chi connectivity index (χ0v) is 11.5. The van der Waals surface area contributed by atoms with Crippen molar-refractivity contribution < 1.29 is 12.8 Å².